The topological polar surface area (TPSA) is 176 Å². The first-order valence-corrected chi connectivity index (χ1v) is 18.8. The third-order valence-corrected chi connectivity index (χ3v) is 11.1. The van der Waals surface area contributed by atoms with E-state index in [4.69, 9.17) is 42.1 Å². The van der Waals surface area contributed by atoms with Gasteiger partial charge in [0.1, 0.15) is 11.4 Å². The molecule has 1 aromatic heterocycles. The second kappa shape index (κ2) is 15.7. The molecule has 56 heavy (non-hydrogen) atoms. The minimum atomic E-state index is -2.66. The fourth-order valence-electron chi connectivity index (χ4n) is 7.69. The molecular weight excluding hydrogens is 767 g/mol. The van der Waals surface area contributed by atoms with Crippen LogP contribution >= 0.6 is 23.2 Å². The maximum atomic E-state index is 13.7. The zero-order valence-corrected chi connectivity index (χ0v) is 32.0. The summed E-state index contributed by atoms with van der Waals surface area (Å²) in [5, 5.41) is 19.6. The number of esters is 4. The van der Waals surface area contributed by atoms with Crippen molar-refractivity contribution in [3.63, 3.8) is 0 Å². The molecule has 3 aromatic carbocycles. The Morgan fingerprint density at radius 3 is 2.27 bits per heavy atom. The van der Waals surface area contributed by atoms with Crippen LogP contribution in [-0.2, 0) is 34.2 Å². The van der Waals surface area contributed by atoms with Crippen LogP contribution in [0.2, 0.25) is 10.0 Å². The number of halogens is 2. The van der Waals surface area contributed by atoms with Gasteiger partial charge >= 0.3 is 23.9 Å². The summed E-state index contributed by atoms with van der Waals surface area (Å²) in [6.45, 7) is 4.41. The maximum absolute atomic E-state index is 13.7. The lowest BCUT2D eigenvalue weighted by Crippen LogP contribution is -2.52. The SMILES string of the molecule is CC(=O)NC1(c2ccccc2)CCN(CCC(c2ccc(Cl)c(Cl)c2)C(OC(C)=O)c2c3c4nn2-c2ccccc2OC(=O)CC(O)(CC(=O)O4)C(=O)O3)CC1. The molecule has 0 aliphatic carbocycles. The number of para-hydroxylation sites is 2. The van der Waals surface area contributed by atoms with Crippen molar-refractivity contribution in [1.82, 2.24) is 20.0 Å². The Morgan fingerprint density at radius 1 is 0.911 bits per heavy atom. The summed E-state index contributed by atoms with van der Waals surface area (Å²) >= 11 is 12.9. The second-order valence-electron chi connectivity index (χ2n) is 14.2. The molecule has 3 atom stereocenters. The van der Waals surface area contributed by atoms with E-state index < -0.39 is 71.5 Å². The van der Waals surface area contributed by atoms with E-state index in [0.717, 1.165) is 5.56 Å². The van der Waals surface area contributed by atoms with E-state index in [-0.39, 0.29) is 33.1 Å². The van der Waals surface area contributed by atoms with Gasteiger partial charge in [-0.25, -0.2) is 9.48 Å². The molecule has 292 valence electrons. The minimum absolute atomic E-state index is 0.00926. The number of carbonyl (C=O) groups excluding carboxylic acids is 5. The van der Waals surface area contributed by atoms with E-state index >= 15 is 0 Å². The Bertz CT molecular complexity index is 2200. The van der Waals surface area contributed by atoms with E-state index in [2.05, 4.69) is 15.3 Å². The Morgan fingerprint density at radius 2 is 1.59 bits per heavy atom. The van der Waals surface area contributed by atoms with E-state index in [9.17, 15) is 29.1 Å². The number of nitrogens with one attached hydrogen (secondary N) is 1. The number of carbonyl (C=O) groups is 5. The summed E-state index contributed by atoms with van der Waals surface area (Å²) in [5.41, 5.74) is -1.51. The molecule has 7 rings (SSSR count). The standard InChI is InChI=1S/C40H38Cl2N4O10/c1-23(47)43-39(26-8-4-3-5-9-26)15-18-45(19-16-39)17-14-27(25-12-13-28(41)29(42)20-25)35(53-24(2)48)34-36-37-44-46(34)30-10-6-7-11-31(30)54-32(49)21-40(52,38(51)56-36)22-33(50)55-37/h3-13,20,27,35,52H,14-19,21-22H2,1-2H3,(H,43,47). The number of hydrogen-bond acceptors (Lipinski definition) is 12. The first-order valence-electron chi connectivity index (χ1n) is 18.0. The highest BCUT2D eigenvalue weighted by molar-refractivity contribution is 6.42. The Hall–Kier alpha value is -5.28. The number of fused-ring (bicyclic) bond motifs is 5. The lowest BCUT2D eigenvalue weighted by molar-refractivity contribution is -0.168. The number of aromatic nitrogens is 2. The fourth-order valence-corrected chi connectivity index (χ4v) is 7.99. The number of piperidine rings is 1. The number of benzene rings is 3. The largest absolute Gasteiger partial charge is 0.455 e. The van der Waals surface area contributed by atoms with Crippen LogP contribution in [0, 0.1) is 0 Å². The molecular formula is C40H38Cl2N4O10. The van der Waals surface area contributed by atoms with E-state index in [1.165, 1.54) is 24.6 Å². The molecule has 3 aliphatic heterocycles. The molecule has 14 nitrogen and oxygen atoms in total. The highest BCUT2D eigenvalue weighted by Crippen LogP contribution is 2.48. The van der Waals surface area contributed by atoms with Crippen molar-refractivity contribution >= 4 is 53.0 Å². The number of amides is 1. The van der Waals surface area contributed by atoms with Gasteiger partial charge in [-0.15, -0.1) is 5.10 Å². The summed E-state index contributed by atoms with van der Waals surface area (Å²) in [5.74, 6) is -5.85. The third kappa shape index (κ3) is 7.87. The Labute approximate surface area is 331 Å². The van der Waals surface area contributed by atoms with Gasteiger partial charge in [-0.3, -0.25) is 19.2 Å². The molecule has 0 spiro atoms. The molecule has 4 aromatic rings. The predicted octanol–water partition coefficient (Wildman–Crippen LogP) is 5.34. The summed E-state index contributed by atoms with van der Waals surface area (Å²) < 4.78 is 24.4. The smallest absolute Gasteiger partial charge is 0.345 e. The second-order valence-corrected chi connectivity index (χ2v) is 15.0. The monoisotopic (exact) mass is 804 g/mol. The highest BCUT2D eigenvalue weighted by Gasteiger charge is 2.49. The van der Waals surface area contributed by atoms with Crippen LogP contribution in [0.3, 0.4) is 0 Å². The third-order valence-electron chi connectivity index (χ3n) is 10.3. The molecule has 1 amide bonds. The van der Waals surface area contributed by atoms with Crippen molar-refractivity contribution in [2.24, 2.45) is 0 Å². The van der Waals surface area contributed by atoms with E-state index in [1.54, 1.807) is 36.4 Å². The van der Waals surface area contributed by atoms with Gasteiger partial charge < -0.3 is 34.3 Å². The molecule has 16 heteroatoms. The molecule has 3 bridgehead atoms. The Balaban J connectivity index is 1.33. The molecule has 0 radical (unpaired) electrons. The first kappa shape index (κ1) is 39.0. The van der Waals surface area contributed by atoms with Crippen molar-refractivity contribution in [3.8, 4) is 23.1 Å². The average molecular weight is 806 g/mol. The lowest BCUT2D eigenvalue weighted by atomic mass is 9.80. The summed E-state index contributed by atoms with van der Waals surface area (Å²) in [4.78, 5) is 67.7. The van der Waals surface area contributed by atoms with Gasteiger partial charge in [0.2, 0.25) is 11.7 Å². The van der Waals surface area contributed by atoms with Crippen molar-refractivity contribution in [2.45, 2.75) is 69.1 Å². The molecule has 1 saturated heterocycles. The van der Waals surface area contributed by atoms with E-state index in [0.29, 0.717) is 44.5 Å². The first-order chi connectivity index (χ1) is 26.7. The van der Waals surface area contributed by atoms with Crippen LogP contribution in [0.5, 0.6) is 17.4 Å². The fraction of sp³-hybridized carbons (Fsp3) is 0.350. The van der Waals surface area contributed by atoms with Crippen molar-refractivity contribution < 1.29 is 48.0 Å². The Kier molecular flexibility index (Phi) is 10.9. The van der Waals surface area contributed by atoms with Crippen LogP contribution in [0.4, 0.5) is 0 Å². The van der Waals surface area contributed by atoms with Crippen LogP contribution in [0.25, 0.3) is 5.69 Å². The van der Waals surface area contributed by atoms with Gasteiger partial charge in [-0.2, -0.15) is 0 Å². The minimum Gasteiger partial charge on any atom is -0.455 e. The molecule has 1 fully saturated rings. The zero-order valence-electron chi connectivity index (χ0n) is 30.5. The molecule has 4 heterocycles. The lowest BCUT2D eigenvalue weighted by Gasteiger charge is -2.43. The maximum Gasteiger partial charge on any atom is 0.345 e. The van der Waals surface area contributed by atoms with Crippen molar-refractivity contribution in [2.75, 3.05) is 19.6 Å². The normalized spacial score (nSPS) is 20.3. The van der Waals surface area contributed by atoms with Crippen LogP contribution in [-0.4, -0.2) is 74.8 Å². The van der Waals surface area contributed by atoms with Gasteiger partial charge in [0.15, 0.2) is 17.5 Å². The van der Waals surface area contributed by atoms with Gasteiger partial charge in [0.05, 0.1) is 28.4 Å². The van der Waals surface area contributed by atoms with Crippen LogP contribution in [0.1, 0.15) is 74.8 Å². The molecule has 0 saturated carbocycles. The number of ether oxygens (including phenoxy) is 4. The average Bonchev–Trinajstić information content (AvgIpc) is 3.48. The van der Waals surface area contributed by atoms with Gasteiger partial charge in [0, 0.05) is 32.9 Å². The summed E-state index contributed by atoms with van der Waals surface area (Å²) in [6.07, 6.45) is -1.59. The molecule has 3 unspecified atom stereocenters. The number of nitrogens with zero attached hydrogens (tertiary/aromatic N) is 3. The number of rotatable bonds is 9. The number of aliphatic hydroxyl groups is 1. The van der Waals surface area contributed by atoms with Gasteiger partial charge in [0.25, 0.3) is 5.88 Å². The number of likely N-dealkylation sites (tertiary alicyclic amines) is 1. The van der Waals surface area contributed by atoms with Crippen molar-refractivity contribution in [1.29, 1.82) is 0 Å². The van der Waals surface area contributed by atoms with Gasteiger partial charge in [-0.1, -0.05) is 71.7 Å². The summed E-state index contributed by atoms with van der Waals surface area (Å²) in [6, 6.07) is 21.1. The highest BCUT2D eigenvalue weighted by atomic mass is 35.5. The number of hydrogen-bond donors (Lipinski definition) is 2. The van der Waals surface area contributed by atoms with Gasteiger partial charge in [-0.05, 0) is 61.2 Å². The predicted molar refractivity (Wildman–Crippen MR) is 201 cm³/mol. The van der Waals surface area contributed by atoms with E-state index in [1.807, 2.05) is 30.3 Å². The van der Waals surface area contributed by atoms with Crippen molar-refractivity contribution in [3.05, 3.63) is 99.7 Å². The van der Waals surface area contributed by atoms with Crippen LogP contribution < -0.4 is 19.5 Å². The molecule has 3 aliphatic rings. The molecule has 2 N–H and O–H groups in total. The van der Waals surface area contributed by atoms with Crippen LogP contribution in [0.15, 0.2) is 72.8 Å². The zero-order chi connectivity index (χ0) is 39.8. The quantitative estimate of drug-likeness (QED) is 0.164. The summed E-state index contributed by atoms with van der Waals surface area (Å²) in [7, 11) is 0.